The molecule has 0 aliphatic rings. The lowest BCUT2D eigenvalue weighted by molar-refractivity contribution is -0.167. The molecule has 0 aromatic heterocycles. The summed E-state index contributed by atoms with van der Waals surface area (Å²) in [6.45, 7) is 3.49. The monoisotopic (exact) mass is 186 g/mol. The summed E-state index contributed by atoms with van der Waals surface area (Å²) < 4.78 is 34.6. The molecular weight excluding hydrogens is 177 g/mol. The molecule has 0 saturated heterocycles. The van der Waals surface area contributed by atoms with E-state index in [2.05, 4.69) is 0 Å². The Hall–Kier alpha value is -0.190. The van der Waals surface area contributed by atoms with Crippen molar-refractivity contribution >= 4 is 17.5 Å². The standard InChI is InChI=1S/C6H9F3OS/c1-4(2)11-3-5(10)6(7,8)9/h4H,3H2,1-2H3. The molecule has 0 aromatic carbocycles. The number of rotatable bonds is 3. The molecule has 5 heteroatoms. The van der Waals surface area contributed by atoms with E-state index in [1.807, 2.05) is 0 Å². The molecule has 1 nitrogen and oxygen atoms in total. The minimum absolute atomic E-state index is 0.0568. The second kappa shape index (κ2) is 3.99. The molecule has 0 unspecified atom stereocenters. The highest BCUT2D eigenvalue weighted by atomic mass is 32.2. The Morgan fingerprint density at radius 1 is 1.45 bits per heavy atom. The lowest BCUT2D eigenvalue weighted by Gasteiger charge is -2.05. The fourth-order valence-electron chi connectivity index (χ4n) is 0.324. The van der Waals surface area contributed by atoms with Crippen LogP contribution < -0.4 is 0 Å². The minimum Gasteiger partial charge on any atom is -0.289 e. The van der Waals surface area contributed by atoms with Gasteiger partial charge in [-0.25, -0.2) is 0 Å². The van der Waals surface area contributed by atoms with E-state index >= 15 is 0 Å². The van der Waals surface area contributed by atoms with Gasteiger partial charge in [-0.05, 0) is 5.25 Å². The van der Waals surface area contributed by atoms with Crippen LogP contribution in [0.1, 0.15) is 13.8 Å². The van der Waals surface area contributed by atoms with Crippen LogP contribution in [0.15, 0.2) is 0 Å². The van der Waals surface area contributed by atoms with Crippen molar-refractivity contribution in [2.24, 2.45) is 0 Å². The predicted molar refractivity (Wildman–Crippen MR) is 38.7 cm³/mol. The Kier molecular flexibility index (Phi) is 3.92. The van der Waals surface area contributed by atoms with Gasteiger partial charge in [0.15, 0.2) is 0 Å². The predicted octanol–water partition coefficient (Wildman–Crippen LogP) is 2.26. The number of halogens is 3. The number of carbonyl (C=O) groups excluding carboxylic acids is 1. The average molecular weight is 186 g/mol. The Bertz CT molecular complexity index is 141. The van der Waals surface area contributed by atoms with Gasteiger partial charge in [-0.1, -0.05) is 13.8 Å². The SMILES string of the molecule is CC(C)SCC(=O)C(F)(F)F. The smallest absolute Gasteiger partial charge is 0.289 e. The molecule has 0 amide bonds. The summed E-state index contributed by atoms with van der Waals surface area (Å²) in [7, 11) is 0. The summed E-state index contributed by atoms with van der Waals surface area (Å²) >= 11 is 0.997. The van der Waals surface area contributed by atoms with Crippen molar-refractivity contribution in [3.05, 3.63) is 0 Å². The van der Waals surface area contributed by atoms with Gasteiger partial charge in [0.25, 0.3) is 0 Å². The molecular formula is C6H9F3OS. The molecule has 66 valence electrons. The molecule has 0 saturated carbocycles. The van der Waals surface area contributed by atoms with Crippen LogP contribution in [0, 0.1) is 0 Å². The van der Waals surface area contributed by atoms with Crippen LogP contribution in [-0.2, 0) is 4.79 Å². The van der Waals surface area contributed by atoms with Crippen molar-refractivity contribution in [2.75, 3.05) is 5.75 Å². The highest BCUT2D eigenvalue weighted by Crippen LogP contribution is 2.20. The molecule has 0 atom stereocenters. The van der Waals surface area contributed by atoms with Gasteiger partial charge in [-0.2, -0.15) is 24.9 Å². The van der Waals surface area contributed by atoms with Crippen molar-refractivity contribution in [3.63, 3.8) is 0 Å². The zero-order valence-electron chi connectivity index (χ0n) is 6.23. The lowest BCUT2D eigenvalue weighted by Crippen LogP contribution is -2.25. The van der Waals surface area contributed by atoms with Crippen LogP contribution in [-0.4, -0.2) is 23.0 Å². The third kappa shape index (κ3) is 5.12. The first-order chi connectivity index (χ1) is 4.84. The highest BCUT2D eigenvalue weighted by Gasteiger charge is 2.37. The molecule has 0 spiro atoms. The van der Waals surface area contributed by atoms with Crippen LogP contribution in [0.25, 0.3) is 0 Å². The van der Waals surface area contributed by atoms with Crippen molar-refractivity contribution in [1.29, 1.82) is 0 Å². The second-order valence-electron chi connectivity index (χ2n) is 2.28. The Morgan fingerprint density at radius 2 is 1.91 bits per heavy atom. The maximum absolute atomic E-state index is 11.5. The number of thioether (sulfide) groups is 1. The molecule has 0 aliphatic heterocycles. The quantitative estimate of drug-likeness (QED) is 0.672. The number of alkyl halides is 3. The largest absolute Gasteiger partial charge is 0.450 e. The molecule has 0 N–H and O–H groups in total. The number of hydrogen-bond acceptors (Lipinski definition) is 2. The van der Waals surface area contributed by atoms with Crippen molar-refractivity contribution in [3.8, 4) is 0 Å². The van der Waals surface area contributed by atoms with Crippen LogP contribution in [0.5, 0.6) is 0 Å². The summed E-state index contributed by atoms with van der Waals surface area (Å²) in [5.41, 5.74) is 0. The first-order valence-corrected chi connectivity index (χ1v) is 4.10. The molecule has 0 rings (SSSR count). The molecule has 0 bridgehead atoms. The summed E-state index contributed by atoms with van der Waals surface area (Å²) in [5.74, 6) is -2.13. The van der Waals surface area contributed by atoms with Gasteiger partial charge in [0.05, 0.1) is 5.75 Å². The van der Waals surface area contributed by atoms with E-state index in [1.54, 1.807) is 13.8 Å². The molecule has 0 aromatic rings. The maximum Gasteiger partial charge on any atom is 0.450 e. The fraction of sp³-hybridized carbons (Fsp3) is 0.833. The zero-order valence-corrected chi connectivity index (χ0v) is 7.05. The number of hydrogen-bond donors (Lipinski definition) is 0. The van der Waals surface area contributed by atoms with Gasteiger partial charge < -0.3 is 0 Å². The van der Waals surface area contributed by atoms with E-state index in [9.17, 15) is 18.0 Å². The van der Waals surface area contributed by atoms with Crippen molar-refractivity contribution in [1.82, 2.24) is 0 Å². The molecule has 0 aliphatic carbocycles. The van der Waals surface area contributed by atoms with Gasteiger partial charge in [0, 0.05) is 0 Å². The van der Waals surface area contributed by atoms with E-state index in [0.29, 0.717) is 0 Å². The summed E-state index contributed by atoms with van der Waals surface area (Å²) in [5, 5.41) is 0.0568. The van der Waals surface area contributed by atoms with Gasteiger partial charge >= 0.3 is 6.18 Å². The Labute approximate surface area is 67.3 Å². The first kappa shape index (κ1) is 10.8. The van der Waals surface area contributed by atoms with E-state index in [-0.39, 0.29) is 5.25 Å². The third-order valence-corrected chi connectivity index (χ3v) is 1.96. The number of ketones is 1. The van der Waals surface area contributed by atoms with E-state index in [1.165, 1.54) is 0 Å². The van der Waals surface area contributed by atoms with Crippen LogP contribution in [0.2, 0.25) is 0 Å². The second-order valence-corrected chi connectivity index (χ2v) is 3.85. The van der Waals surface area contributed by atoms with Crippen LogP contribution in [0.3, 0.4) is 0 Å². The number of Topliss-reactive ketones (excluding diaryl/α,β-unsaturated/α-hetero) is 1. The normalized spacial score (nSPS) is 12.2. The van der Waals surface area contributed by atoms with Gasteiger partial charge in [0.2, 0.25) is 5.78 Å². The van der Waals surface area contributed by atoms with Crippen LogP contribution in [0.4, 0.5) is 13.2 Å². The zero-order chi connectivity index (χ0) is 9.07. The van der Waals surface area contributed by atoms with Gasteiger partial charge in [-0.3, -0.25) is 4.79 Å². The average Bonchev–Trinajstić information content (AvgIpc) is 1.80. The minimum atomic E-state index is -4.66. The summed E-state index contributed by atoms with van der Waals surface area (Å²) in [6.07, 6.45) is -4.66. The van der Waals surface area contributed by atoms with E-state index in [0.717, 1.165) is 11.8 Å². The third-order valence-electron chi connectivity index (χ3n) is 0.864. The Balaban J connectivity index is 3.71. The van der Waals surface area contributed by atoms with Crippen LogP contribution >= 0.6 is 11.8 Å². The molecule has 0 heterocycles. The Morgan fingerprint density at radius 3 is 2.18 bits per heavy atom. The number of carbonyl (C=O) groups is 1. The summed E-state index contributed by atoms with van der Waals surface area (Å²) in [4.78, 5) is 10.2. The first-order valence-electron chi connectivity index (χ1n) is 3.05. The maximum atomic E-state index is 11.5. The van der Waals surface area contributed by atoms with E-state index < -0.39 is 17.7 Å². The van der Waals surface area contributed by atoms with Crippen molar-refractivity contribution in [2.45, 2.75) is 25.3 Å². The van der Waals surface area contributed by atoms with Gasteiger partial charge in [0.1, 0.15) is 0 Å². The van der Waals surface area contributed by atoms with Crippen molar-refractivity contribution < 1.29 is 18.0 Å². The lowest BCUT2D eigenvalue weighted by atomic mass is 10.4. The summed E-state index contributed by atoms with van der Waals surface area (Å²) in [6, 6.07) is 0. The fourth-order valence-corrected chi connectivity index (χ4v) is 0.973. The molecule has 11 heavy (non-hydrogen) atoms. The van der Waals surface area contributed by atoms with Gasteiger partial charge in [-0.15, -0.1) is 0 Å². The molecule has 0 radical (unpaired) electrons. The molecule has 0 fully saturated rings. The van der Waals surface area contributed by atoms with E-state index in [4.69, 9.17) is 0 Å². The highest BCUT2D eigenvalue weighted by molar-refractivity contribution is 8.00. The topological polar surface area (TPSA) is 17.1 Å².